The number of carbonyl (C=O) groups is 2. The second-order valence-corrected chi connectivity index (χ2v) is 2.45. The van der Waals surface area contributed by atoms with Crippen LogP contribution in [0.4, 0.5) is 0 Å². The highest BCUT2D eigenvalue weighted by molar-refractivity contribution is 14.1. The lowest BCUT2D eigenvalue weighted by Crippen LogP contribution is -2.26. The zero-order chi connectivity index (χ0) is 6.73. The van der Waals surface area contributed by atoms with Crippen molar-refractivity contribution in [3.8, 4) is 0 Å². The fraction of sp³-hybridized carbons (Fsp3) is 0.500. The maximum absolute atomic E-state index is 10.4. The number of halogens is 1. The minimum absolute atomic E-state index is 0.451. The Labute approximate surface area is 61.2 Å². The first-order valence-electron chi connectivity index (χ1n) is 1.97. The van der Waals surface area contributed by atoms with E-state index >= 15 is 0 Å². The summed E-state index contributed by atoms with van der Waals surface area (Å²) in [6, 6.07) is 0. The van der Waals surface area contributed by atoms with Crippen LogP contribution in [-0.4, -0.2) is 28.7 Å². The van der Waals surface area contributed by atoms with Crippen LogP contribution in [0.2, 0.25) is 0 Å². The van der Waals surface area contributed by atoms with Gasteiger partial charge in [-0.25, -0.2) is 0 Å². The fourth-order valence-electron chi connectivity index (χ4n) is 0.176. The summed E-state index contributed by atoms with van der Waals surface area (Å²) in [5, 5.41) is 0. The van der Waals surface area contributed by atoms with E-state index < -0.39 is 9.70 Å². The van der Waals surface area contributed by atoms with Crippen molar-refractivity contribution in [1.29, 1.82) is 0 Å². The van der Waals surface area contributed by atoms with Crippen molar-refractivity contribution in [3.05, 3.63) is 0 Å². The molecule has 0 aliphatic carbocycles. The van der Waals surface area contributed by atoms with E-state index in [0.29, 0.717) is 0 Å². The van der Waals surface area contributed by atoms with Crippen LogP contribution in [0.5, 0.6) is 0 Å². The van der Waals surface area contributed by atoms with Crippen LogP contribution < -0.4 is 0 Å². The summed E-state index contributed by atoms with van der Waals surface area (Å²) in [5.74, 6) is -0.467. The Morgan fingerprint density at radius 1 is 1.38 bits per heavy atom. The summed E-state index contributed by atoms with van der Waals surface area (Å²) in [6.45, 7) is 0. The van der Waals surface area contributed by atoms with E-state index in [4.69, 9.17) is 0 Å². The van der Waals surface area contributed by atoms with Crippen molar-refractivity contribution < 1.29 is 9.59 Å². The zero-order valence-corrected chi connectivity index (χ0v) is 6.80. The topological polar surface area (TPSA) is 37.4 Å². The Balaban J connectivity index is 3.84. The van der Waals surface area contributed by atoms with Gasteiger partial charge in [0.25, 0.3) is 9.70 Å². The average Bonchev–Trinajstić information content (AvgIpc) is 1.64. The molecule has 0 rings (SSSR count). The lowest BCUT2D eigenvalue weighted by atomic mass is 10.6. The predicted octanol–water partition coefficient (Wildman–Crippen LogP) is 0.0362. The Morgan fingerprint density at radius 3 is 1.75 bits per heavy atom. The summed E-state index contributed by atoms with van der Waals surface area (Å²) >= 11 is 1.45. The zero-order valence-electron chi connectivity index (χ0n) is 4.64. The Bertz CT molecular complexity index is 121. The highest BCUT2D eigenvalue weighted by Gasteiger charge is 2.09. The van der Waals surface area contributed by atoms with Gasteiger partial charge in [-0.3, -0.25) is 9.59 Å². The molecule has 0 radical (unpaired) electrons. The van der Waals surface area contributed by atoms with Gasteiger partial charge in [-0.1, -0.05) is 0 Å². The Kier molecular flexibility index (Phi) is 2.96. The lowest BCUT2D eigenvalue weighted by molar-refractivity contribution is -0.137. The third kappa shape index (κ3) is 2.25. The van der Waals surface area contributed by atoms with E-state index in [2.05, 4.69) is 0 Å². The normalized spacial score (nSPS) is 8.38. The quantitative estimate of drug-likeness (QED) is 0.360. The largest absolute Gasteiger partial charge is 0.342 e. The summed E-state index contributed by atoms with van der Waals surface area (Å²) in [7, 11) is 3.08. The van der Waals surface area contributed by atoms with Crippen molar-refractivity contribution in [2.45, 2.75) is 0 Å². The maximum atomic E-state index is 10.4. The molecule has 0 saturated carbocycles. The van der Waals surface area contributed by atoms with Gasteiger partial charge in [0.2, 0.25) is 0 Å². The summed E-state index contributed by atoms with van der Waals surface area (Å²) in [6.07, 6.45) is 0. The molecule has 0 aromatic rings. The molecule has 8 heavy (non-hydrogen) atoms. The second-order valence-electron chi connectivity index (χ2n) is 1.47. The number of carbonyl (C=O) groups excluding carboxylic acids is 2. The van der Waals surface area contributed by atoms with Gasteiger partial charge in [-0.2, -0.15) is 0 Å². The third-order valence-electron chi connectivity index (χ3n) is 0.574. The molecule has 46 valence electrons. The molecule has 0 saturated heterocycles. The van der Waals surface area contributed by atoms with Crippen LogP contribution in [0.1, 0.15) is 0 Å². The minimum atomic E-state index is -0.467. The molecule has 0 bridgehead atoms. The van der Waals surface area contributed by atoms with Crippen molar-refractivity contribution in [3.63, 3.8) is 0 Å². The van der Waals surface area contributed by atoms with Crippen molar-refractivity contribution in [2.75, 3.05) is 14.1 Å². The van der Waals surface area contributed by atoms with Gasteiger partial charge in [0.1, 0.15) is 0 Å². The van der Waals surface area contributed by atoms with Crippen molar-refractivity contribution >= 4 is 32.3 Å². The van der Waals surface area contributed by atoms with E-state index in [0.717, 1.165) is 0 Å². The monoisotopic (exact) mass is 227 g/mol. The van der Waals surface area contributed by atoms with Crippen molar-refractivity contribution in [1.82, 2.24) is 4.90 Å². The van der Waals surface area contributed by atoms with E-state index in [1.165, 1.54) is 27.5 Å². The van der Waals surface area contributed by atoms with E-state index in [-0.39, 0.29) is 0 Å². The number of nitrogens with zero attached hydrogens (tertiary/aromatic N) is 1. The maximum Gasteiger partial charge on any atom is 0.300 e. The summed E-state index contributed by atoms with van der Waals surface area (Å²) in [5.41, 5.74) is 0. The van der Waals surface area contributed by atoms with Crippen LogP contribution in [-0.2, 0) is 9.59 Å². The van der Waals surface area contributed by atoms with Gasteiger partial charge < -0.3 is 4.90 Å². The molecular formula is C4H6INO2. The van der Waals surface area contributed by atoms with Gasteiger partial charge in [-0.05, 0) is 0 Å². The van der Waals surface area contributed by atoms with Crippen LogP contribution in [0.15, 0.2) is 0 Å². The fourth-order valence-corrected chi connectivity index (χ4v) is 0.658. The summed E-state index contributed by atoms with van der Waals surface area (Å²) < 4.78 is -0.451. The number of hydrogen-bond donors (Lipinski definition) is 0. The molecule has 0 N–H and O–H groups in total. The molecule has 0 unspecified atom stereocenters. The van der Waals surface area contributed by atoms with E-state index in [1.807, 2.05) is 0 Å². The van der Waals surface area contributed by atoms with Gasteiger partial charge in [0.05, 0.1) is 0 Å². The van der Waals surface area contributed by atoms with E-state index in [9.17, 15) is 9.59 Å². The van der Waals surface area contributed by atoms with Crippen molar-refractivity contribution in [2.24, 2.45) is 0 Å². The van der Waals surface area contributed by atoms with Crippen LogP contribution in [0, 0.1) is 0 Å². The van der Waals surface area contributed by atoms with E-state index in [1.54, 1.807) is 14.1 Å². The molecule has 4 heteroatoms. The average molecular weight is 227 g/mol. The first-order chi connectivity index (χ1) is 3.55. The smallest absolute Gasteiger partial charge is 0.300 e. The molecule has 0 fully saturated rings. The molecule has 0 aliphatic rings. The Morgan fingerprint density at radius 2 is 1.75 bits per heavy atom. The lowest BCUT2D eigenvalue weighted by Gasteiger charge is -2.03. The van der Waals surface area contributed by atoms with Crippen LogP contribution in [0.25, 0.3) is 0 Å². The number of likely N-dealkylation sites (N-methyl/N-ethyl adjacent to an activating group) is 1. The SMILES string of the molecule is CN(C)C(=O)C(=O)I. The number of amides is 1. The van der Waals surface area contributed by atoms with Gasteiger partial charge >= 0.3 is 0 Å². The second kappa shape index (κ2) is 3.01. The predicted molar refractivity (Wildman–Crippen MR) is 37.7 cm³/mol. The van der Waals surface area contributed by atoms with Crippen LogP contribution >= 0.6 is 22.6 Å². The molecule has 0 spiro atoms. The molecule has 1 amide bonds. The minimum Gasteiger partial charge on any atom is -0.342 e. The number of hydrogen-bond acceptors (Lipinski definition) is 2. The summed E-state index contributed by atoms with van der Waals surface area (Å²) in [4.78, 5) is 21.8. The molecular weight excluding hydrogens is 221 g/mol. The molecule has 0 aliphatic heterocycles. The molecule has 0 aromatic heterocycles. The first kappa shape index (κ1) is 7.87. The molecule has 0 atom stereocenters. The van der Waals surface area contributed by atoms with Gasteiger partial charge in [0, 0.05) is 36.7 Å². The number of rotatable bonds is 1. The third-order valence-corrected chi connectivity index (χ3v) is 1.04. The molecule has 0 heterocycles. The highest BCUT2D eigenvalue weighted by atomic mass is 127. The van der Waals surface area contributed by atoms with Gasteiger partial charge in [0.15, 0.2) is 0 Å². The Hall–Kier alpha value is -0.130. The highest BCUT2D eigenvalue weighted by Crippen LogP contribution is 1.88. The first-order valence-corrected chi connectivity index (χ1v) is 3.04. The standard InChI is InChI=1S/C4H6INO2/c1-6(2)4(8)3(5)7/h1-2H3. The van der Waals surface area contributed by atoms with Gasteiger partial charge in [-0.15, -0.1) is 0 Å². The van der Waals surface area contributed by atoms with Crippen LogP contribution in [0.3, 0.4) is 0 Å². The molecule has 3 nitrogen and oxygen atoms in total. The molecule has 0 aromatic carbocycles.